The molecule has 23 heavy (non-hydrogen) atoms. The molecule has 3 atom stereocenters. The van der Waals surface area contributed by atoms with Crippen LogP contribution >= 0.6 is 0 Å². The number of esters is 1. The fraction of sp³-hybridized carbons (Fsp3) is 0.588. The highest BCUT2D eigenvalue weighted by Gasteiger charge is 2.74. The first-order chi connectivity index (χ1) is 10.9. The average Bonchev–Trinajstić information content (AvgIpc) is 3.26. The smallest absolute Gasteiger partial charge is 0.315 e. The minimum absolute atomic E-state index is 0.0115. The van der Waals surface area contributed by atoms with Crippen LogP contribution in [0.5, 0.6) is 0 Å². The van der Waals surface area contributed by atoms with Gasteiger partial charge in [0.15, 0.2) is 9.84 Å². The van der Waals surface area contributed by atoms with Crippen LogP contribution in [-0.4, -0.2) is 38.5 Å². The van der Waals surface area contributed by atoms with Crippen LogP contribution in [0.2, 0.25) is 0 Å². The molecule has 0 aromatic heterocycles. The summed E-state index contributed by atoms with van der Waals surface area (Å²) in [6, 6.07) is 7.74. The van der Waals surface area contributed by atoms with Gasteiger partial charge in [0.2, 0.25) is 0 Å². The Labute approximate surface area is 138 Å². The molecule has 0 aliphatic heterocycles. The lowest BCUT2D eigenvalue weighted by Crippen LogP contribution is -2.34. The third-order valence-electron chi connectivity index (χ3n) is 4.79. The van der Waals surface area contributed by atoms with Crippen molar-refractivity contribution in [3.8, 4) is 0 Å². The molecule has 128 valence electrons. The Kier molecular flexibility index (Phi) is 5.16. The number of nitrogens with two attached hydrogens (primary N) is 1. The van der Waals surface area contributed by atoms with E-state index in [0.29, 0.717) is 0 Å². The zero-order valence-electron chi connectivity index (χ0n) is 13.9. The molecular formula is C17H25NO4S. The molecule has 0 heterocycles. The Morgan fingerprint density at radius 2 is 1.83 bits per heavy atom. The molecule has 1 aliphatic carbocycles. The van der Waals surface area contributed by atoms with E-state index in [0.717, 1.165) is 12.0 Å². The van der Waals surface area contributed by atoms with E-state index in [2.05, 4.69) is 6.92 Å². The van der Waals surface area contributed by atoms with Crippen molar-refractivity contribution in [2.24, 2.45) is 11.1 Å². The Morgan fingerprint density at radius 1 is 1.22 bits per heavy atom. The third-order valence-corrected chi connectivity index (χ3v) is 7.06. The molecule has 5 nitrogen and oxygen atoms in total. The average molecular weight is 339 g/mol. The van der Waals surface area contributed by atoms with Crippen molar-refractivity contribution in [1.82, 2.24) is 0 Å². The second-order valence-corrected chi connectivity index (χ2v) is 8.32. The van der Waals surface area contributed by atoms with Crippen molar-refractivity contribution in [2.75, 3.05) is 18.9 Å². The Bertz CT molecular complexity index is 668. The molecule has 1 aliphatic rings. The van der Waals surface area contributed by atoms with Crippen molar-refractivity contribution in [3.05, 3.63) is 35.4 Å². The van der Waals surface area contributed by atoms with E-state index < -0.39 is 32.4 Å². The predicted molar refractivity (Wildman–Crippen MR) is 89.9 cm³/mol. The van der Waals surface area contributed by atoms with Crippen LogP contribution in [0.25, 0.3) is 0 Å². The van der Waals surface area contributed by atoms with Crippen LogP contribution in [0.4, 0.5) is 0 Å². The Balaban J connectivity index is 2.47. The van der Waals surface area contributed by atoms with E-state index in [1.165, 1.54) is 5.56 Å². The quantitative estimate of drug-likeness (QED) is 0.764. The molecule has 1 fully saturated rings. The third kappa shape index (κ3) is 2.90. The van der Waals surface area contributed by atoms with E-state index in [4.69, 9.17) is 10.5 Å². The number of aryl methyl sites for hydroxylation is 1. The van der Waals surface area contributed by atoms with E-state index in [1.807, 2.05) is 24.3 Å². The summed E-state index contributed by atoms with van der Waals surface area (Å²) in [5, 5.41) is -0.795. The molecule has 0 radical (unpaired) electrons. The first kappa shape index (κ1) is 17.9. The normalized spacial score (nSPS) is 26.8. The van der Waals surface area contributed by atoms with E-state index >= 15 is 0 Å². The Hall–Kier alpha value is -1.40. The van der Waals surface area contributed by atoms with E-state index in [-0.39, 0.29) is 18.9 Å². The van der Waals surface area contributed by atoms with Gasteiger partial charge in [-0.05, 0) is 24.5 Å². The van der Waals surface area contributed by atoms with Crippen LogP contribution in [0.3, 0.4) is 0 Å². The molecular weight excluding hydrogens is 314 g/mol. The highest BCUT2D eigenvalue weighted by atomic mass is 32.2. The number of benzene rings is 1. The standard InChI is InChI=1S/C17H25NO4S/c1-4-12-7-9-13(10-8-12)14-15(23(20,21)6-3)17(14,11-18)16(19)22-5-2/h7-10,14-15H,4-6,11,18H2,1-3H3/t14-,15+,17-/m1/s1. The maximum absolute atomic E-state index is 12.5. The van der Waals surface area contributed by atoms with E-state index in [9.17, 15) is 13.2 Å². The van der Waals surface area contributed by atoms with Gasteiger partial charge < -0.3 is 10.5 Å². The summed E-state index contributed by atoms with van der Waals surface area (Å²) in [4.78, 5) is 12.5. The summed E-state index contributed by atoms with van der Waals surface area (Å²) in [6.45, 7) is 5.53. The molecule has 6 heteroatoms. The summed E-state index contributed by atoms with van der Waals surface area (Å²) in [5.41, 5.74) is 6.71. The summed E-state index contributed by atoms with van der Waals surface area (Å²) < 4.78 is 30.1. The van der Waals surface area contributed by atoms with Gasteiger partial charge in [-0.1, -0.05) is 38.1 Å². The summed E-state index contributed by atoms with van der Waals surface area (Å²) in [5.74, 6) is -0.945. The zero-order chi connectivity index (χ0) is 17.3. The topological polar surface area (TPSA) is 86.5 Å². The SMILES string of the molecule is CCOC(=O)[C@]1(CN)[C@H](c2ccc(CC)cc2)[C@@H]1S(=O)(=O)CC. The summed E-state index contributed by atoms with van der Waals surface area (Å²) in [7, 11) is -3.40. The molecule has 1 aromatic carbocycles. The lowest BCUT2D eigenvalue weighted by Gasteiger charge is -2.14. The van der Waals surface area contributed by atoms with Gasteiger partial charge in [0, 0.05) is 18.2 Å². The van der Waals surface area contributed by atoms with Gasteiger partial charge in [-0.3, -0.25) is 4.79 Å². The van der Waals surface area contributed by atoms with Gasteiger partial charge >= 0.3 is 5.97 Å². The minimum atomic E-state index is -3.40. The van der Waals surface area contributed by atoms with Crippen molar-refractivity contribution >= 4 is 15.8 Å². The highest BCUT2D eigenvalue weighted by Crippen LogP contribution is 2.63. The summed E-state index contributed by atoms with van der Waals surface area (Å²) >= 11 is 0. The van der Waals surface area contributed by atoms with Crippen LogP contribution in [-0.2, 0) is 25.8 Å². The number of carbonyl (C=O) groups is 1. The maximum atomic E-state index is 12.5. The minimum Gasteiger partial charge on any atom is -0.465 e. The van der Waals surface area contributed by atoms with Crippen molar-refractivity contribution < 1.29 is 17.9 Å². The first-order valence-corrected chi connectivity index (χ1v) is 9.78. The molecule has 2 rings (SSSR count). The lowest BCUT2D eigenvalue weighted by molar-refractivity contribution is -0.149. The number of sulfone groups is 1. The van der Waals surface area contributed by atoms with Gasteiger partial charge in [-0.2, -0.15) is 0 Å². The van der Waals surface area contributed by atoms with E-state index in [1.54, 1.807) is 13.8 Å². The molecule has 0 saturated heterocycles. The van der Waals surface area contributed by atoms with Gasteiger partial charge in [0.25, 0.3) is 0 Å². The number of hydrogen-bond donors (Lipinski definition) is 1. The van der Waals surface area contributed by atoms with Gasteiger partial charge in [0.1, 0.15) is 5.41 Å². The number of carbonyl (C=O) groups excluding carboxylic acids is 1. The largest absolute Gasteiger partial charge is 0.465 e. The number of ether oxygens (including phenoxy) is 1. The Morgan fingerprint density at radius 3 is 2.26 bits per heavy atom. The molecule has 0 bridgehead atoms. The van der Waals surface area contributed by atoms with Crippen molar-refractivity contribution in [1.29, 1.82) is 0 Å². The monoisotopic (exact) mass is 339 g/mol. The van der Waals surface area contributed by atoms with Crippen LogP contribution in [0.1, 0.15) is 37.8 Å². The van der Waals surface area contributed by atoms with Gasteiger partial charge in [0.05, 0.1) is 11.9 Å². The van der Waals surface area contributed by atoms with Gasteiger partial charge in [-0.25, -0.2) is 8.42 Å². The van der Waals surface area contributed by atoms with Gasteiger partial charge in [-0.15, -0.1) is 0 Å². The molecule has 1 saturated carbocycles. The zero-order valence-corrected chi connectivity index (χ0v) is 14.7. The molecule has 0 spiro atoms. The highest BCUT2D eigenvalue weighted by molar-refractivity contribution is 7.92. The van der Waals surface area contributed by atoms with Crippen molar-refractivity contribution in [2.45, 2.75) is 38.4 Å². The summed E-state index contributed by atoms with van der Waals surface area (Å²) in [6.07, 6.45) is 0.904. The fourth-order valence-electron chi connectivity index (χ4n) is 3.38. The van der Waals surface area contributed by atoms with Crippen LogP contribution < -0.4 is 5.73 Å². The maximum Gasteiger partial charge on any atom is 0.315 e. The molecule has 0 amide bonds. The van der Waals surface area contributed by atoms with Crippen LogP contribution in [0, 0.1) is 5.41 Å². The van der Waals surface area contributed by atoms with Crippen LogP contribution in [0.15, 0.2) is 24.3 Å². The molecule has 1 aromatic rings. The first-order valence-electron chi connectivity index (χ1n) is 8.06. The molecule has 2 N–H and O–H groups in total. The molecule has 0 unspecified atom stereocenters. The predicted octanol–water partition coefficient (Wildman–Crippen LogP) is 1.66. The van der Waals surface area contributed by atoms with Crippen molar-refractivity contribution in [3.63, 3.8) is 0 Å². The number of hydrogen-bond acceptors (Lipinski definition) is 5. The second-order valence-electron chi connectivity index (χ2n) is 5.91. The number of rotatable bonds is 7. The fourth-order valence-corrected chi connectivity index (χ4v) is 5.46. The lowest BCUT2D eigenvalue weighted by atomic mass is 9.98. The second kappa shape index (κ2) is 6.61.